The maximum atomic E-state index is 12.9. The second-order valence-electron chi connectivity index (χ2n) is 9.32. The summed E-state index contributed by atoms with van der Waals surface area (Å²) < 4.78 is 5.63. The van der Waals surface area contributed by atoms with Gasteiger partial charge in [0.25, 0.3) is 17.1 Å². The molecule has 200 valence electrons. The van der Waals surface area contributed by atoms with E-state index in [1.54, 1.807) is 36.4 Å². The van der Waals surface area contributed by atoms with Gasteiger partial charge in [0.15, 0.2) is 6.61 Å². The lowest BCUT2D eigenvalue weighted by atomic mass is 10.1. The summed E-state index contributed by atoms with van der Waals surface area (Å²) in [4.78, 5) is 51.3. The fourth-order valence-corrected chi connectivity index (χ4v) is 4.65. The number of nitrogens with zero attached hydrogens (tertiary/aromatic N) is 1. The first-order chi connectivity index (χ1) is 18.6. The summed E-state index contributed by atoms with van der Waals surface area (Å²) in [5.74, 6) is -0.870. The van der Waals surface area contributed by atoms with Crippen molar-refractivity contribution >= 4 is 52.2 Å². The molecule has 3 aromatic rings. The monoisotopic (exact) mass is 543 g/mol. The number of carbonyl (C=O) groups excluding carboxylic acids is 4. The maximum absolute atomic E-state index is 12.9. The smallest absolute Gasteiger partial charge is 0.294 e. The van der Waals surface area contributed by atoms with Crippen molar-refractivity contribution in [1.29, 1.82) is 0 Å². The van der Waals surface area contributed by atoms with Crippen molar-refractivity contribution in [3.63, 3.8) is 0 Å². The van der Waals surface area contributed by atoms with E-state index in [-0.39, 0.29) is 24.0 Å². The molecule has 39 heavy (non-hydrogen) atoms. The molecular weight excluding hydrogens is 514 g/mol. The Morgan fingerprint density at radius 2 is 1.44 bits per heavy atom. The lowest BCUT2D eigenvalue weighted by molar-refractivity contribution is -0.127. The van der Waals surface area contributed by atoms with Crippen LogP contribution in [0.25, 0.3) is 6.08 Å². The first-order valence-electron chi connectivity index (χ1n) is 12.3. The molecule has 3 aromatic carbocycles. The minimum atomic E-state index is -0.542. The van der Waals surface area contributed by atoms with Crippen LogP contribution in [0.3, 0.4) is 0 Å². The van der Waals surface area contributed by atoms with E-state index in [2.05, 4.69) is 10.6 Å². The van der Waals surface area contributed by atoms with Gasteiger partial charge in [-0.3, -0.25) is 24.1 Å². The number of anilines is 2. The van der Waals surface area contributed by atoms with Crippen LogP contribution in [0.5, 0.6) is 5.75 Å². The maximum Gasteiger partial charge on any atom is 0.294 e. The molecule has 0 bridgehead atoms. The predicted molar refractivity (Wildman–Crippen MR) is 154 cm³/mol. The van der Waals surface area contributed by atoms with E-state index < -0.39 is 17.1 Å². The van der Waals surface area contributed by atoms with E-state index in [0.29, 0.717) is 22.7 Å². The number of ether oxygens (including phenoxy) is 1. The minimum Gasteiger partial charge on any atom is -0.484 e. The molecule has 1 aliphatic rings. The number of imide groups is 1. The molecule has 0 atom stereocenters. The number of rotatable bonds is 8. The molecule has 0 aromatic heterocycles. The summed E-state index contributed by atoms with van der Waals surface area (Å²) in [6.07, 6.45) is 1.56. The third kappa shape index (κ3) is 7.14. The molecule has 1 aliphatic heterocycles. The average Bonchev–Trinajstić information content (AvgIpc) is 3.14. The number of thioether (sulfide) groups is 1. The molecule has 0 radical (unpaired) electrons. The lowest BCUT2D eigenvalue weighted by Crippen LogP contribution is -2.36. The molecule has 4 amide bonds. The van der Waals surface area contributed by atoms with Crippen molar-refractivity contribution in [2.45, 2.75) is 27.7 Å². The second kappa shape index (κ2) is 12.0. The minimum absolute atomic E-state index is 0.192. The average molecular weight is 544 g/mol. The fourth-order valence-electron chi connectivity index (χ4n) is 3.81. The fraction of sp³-hybridized carbons (Fsp3) is 0.200. The summed E-state index contributed by atoms with van der Waals surface area (Å²) in [5.41, 5.74) is 6.25. The normalized spacial score (nSPS) is 14.1. The number of hydrogen-bond acceptors (Lipinski definition) is 6. The van der Waals surface area contributed by atoms with Crippen LogP contribution in [0.4, 0.5) is 16.2 Å². The van der Waals surface area contributed by atoms with Crippen molar-refractivity contribution in [2.24, 2.45) is 0 Å². The van der Waals surface area contributed by atoms with Crippen LogP contribution < -0.4 is 15.4 Å². The number of benzene rings is 3. The summed E-state index contributed by atoms with van der Waals surface area (Å²) in [5, 5.41) is 5.02. The van der Waals surface area contributed by atoms with Gasteiger partial charge in [-0.05, 0) is 110 Å². The summed E-state index contributed by atoms with van der Waals surface area (Å²) in [6, 6.07) is 18.0. The van der Waals surface area contributed by atoms with Crippen LogP contribution in [0.15, 0.2) is 65.6 Å². The Morgan fingerprint density at radius 1 is 0.821 bits per heavy atom. The van der Waals surface area contributed by atoms with Crippen molar-refractivity contribution in [1.82, 2.24) is 4.90 Å². The molecule has 1 saturated heterocycles. The molecule has 9 heteroatoms. The Labute approximate surface area is 231 Å². The van der Waals surface area contributed by atoms with Gasteiger partial charge >= 0.3 is 0 Å². The molecule has 4 rings (SSSR count). The quantitative estimate of drug-likeness (QED) is 0.358. The van der Waals surface area contributed by atoms with Crippen molar-refractivity contribution in [3.8, 4) is 5.75 Å². The van der Waals surface area contributed by atoms with E-state index in [4.69, 9.17) is 4.74 Å². The summed E-state index contributed by atoms with van der Waals surface area (Å²) >= 11 is 0.770. The van der Waals surface area contributed by atoms with Crippen LogP contribution in [0.1, 0.15) is 27.8 Å². The van der Waals surface area contributed by atoms with Gasteiger partial charge in [0.2, 0.25) is 5.91 Å². The Balaban J connectivity index is 1.35. The van der Waals surface area contributed by atoms with Crippen LogP contribution >= 0.6 is 11.8 Å². The van der Waals surface area contributed by atoms with Crippen LogP contribution in [0.2, 0.25) is 0 Å². The van der Waals surface area contributed by atoms with Gasteiger partial charge in [-0.15, -0.1) is 0 Å². The first kappa shape index (κ1) is 27.7. The number of carbonyl (C=O) groups is 4. The standard InChI is InChI=1S/C30H29N3O5S/c1-18-8-10-23(12-20(18)3)31-27(34)16-33-29(36)26(39-30(33)37)15-22-6-5-7-25(14-22)38-17-28(35)32-24-11-9-19(2)21(4)13-24/h5-15H,16-17H2,1-4H3,(H,31,34)(H,32,35)/b26-15-. The zero-order valence-electron chi connectivity index (χ0n) is 22.2. The third-order valence-corrected chi connectivity index (χ3v) is 7.19. The van der Waals surface area contributed by atoms with E-state index in [1.165, 1.54) is 0 Å². The molecule has 8 nitrogen and oxygen atoms in total. The summed E-state index contributed by atoms with van der Waals surface area (Å²) in [7, 11) is 0. The second-order valence-corrected chi connectivity index (χ2v) is 10.3. The third-order valence-electron chi connectivity index (χ3n) is 6.28. The Bertz CT molecular complexity index is 1500. The first-order valence-corrected chi connectivity index (χ1v) is 13.1. The number of amides is 4. The highest BCUT2D eigenvalue weighted by molar-refractivity contribution is 8.18. The van der Waals surface area contributed by atoms with E-state index in [0.717, 1.165) is 38.9 Å². The summed E-state index contributed by atoms with van der Waals surface area (Å²) in [6.45, 7) is 7.31. The Morgan fingerprint density at radius 3 is 2.05 bits per heavy atom. The van der Waals surface area contributed by atoms with Crippen LogP contribution in [-0.4, -0.2) is 41.0 Å². The molecule has 2 N–H and O–H groups in total. The molecule has 0 aliphatic carbocycles. The number of nitrogens with one attached hydrogen (secondary N) is 2. The Kier molecular flexibility index (Phi) is 8.51. The van der Waals surface area contributed by atoms with Crippen molar-refractivity contribution < 1.29 is 23.9 Å². The topological polar surface area (TPSA) is 105 Å². The molecule has 0 saturated carbocycles. The van der Waals surface area contributed by atoms with Gasteiger partial charge in [-0.1, -0.05) is 24.3 Å². The molecular formula is C30H29N3O5S. The van der Waals surface area contributed by atoms with Crippen molar-refractivity contribution in [2.75, 3.05) is 23.8 Å². The lowest BCUT2D eigenvalue weighted by Gasteiger charge is -2.13. The molecule has 0 unspecified atom stereocenters. The molecule has 0 spiro atoms. The van der Waals surface area contributed by atoms with Gasteiger partial charge in [0, 0.05) is 11.4 Å². The van der Waals surface area contributed by atoms with Gasteiger partial charge in [-0.25, -0.2) is 0 Å². The van der Waals surface area contributed by atoms with Gasteiger partial charge < -0.3 is 15.4 Å². The number of aryl methyl sites for hydroxylation is 4. The SMILES string of the molecule is Cc1ccc(NC(=O)COc2cccc(/C=C3\SC(=O)N(CC(=O)Nc4ccc(C)c(C)c4)C3=O)c2)cc1C. The van der Waals surface area contributed by atoms with Crippen LogP contribution in [-0.2, 0) is 14.4 Å². The highest BCUT2D eigenvalue weighted by Gasteiger charge is 2.36. The molecule has 1 fully saturated rings. The van der Waals surface area contributed by atoms with Gasteiger partial charge in [-0.2, -0.15) is 0 Å². The predicted octanol–water partition coefficient (Wildman–Crippen LogP) is 5.61. The molecule has 1 heterocycles. The Hall–Kier alpha value is -4.37. The van der Waals surface area contributed by atoms with E-state index in [9.17, 15) is 19.2 Å². The highest BCUT2D eigenvalue weighted by Crippen LogP contribution is 2.32. The van der Waals surface area contributed by atoms with E-state index in [1.807, 2.05) is 58.0 Å². The zero-order valence-corrected chi connectivity index (χ0v) is 23.0. The largest absolute Gasteiger partial charge is 0.484 e. The zero-order chi connectivity index (χ0) is 28.1. The van der Waals surface area contributed by atoms with Crippen molar-refractivity contribution in [3.05, 3.63) is 93.4 Å². The van der Waals surface area contributed by atoms with Crippen LogP contribution in [0, 0.1) is 27.7 Å². The van der Waals surface area contributed by atoms with Gasteiger partial charge in [0.05, 0.1) is 4.91 Å². The number of hydrogen-bond donors (Lipinski definition) is 2. The van der Waals surface area contributed by atoms with Gasteiger partial charge in [0.1, 0.15) is 12.3 Å². The van der Waals surface area contributed by atoms with E-state index >= 15 is 0 Å². The highest BCUT2D eigenvalue weighted by atomic mass is 32.2.